The van der Waals surface area contributed by atoms with Crippen molar-refractivity contribution in [1.29, 1.82) is 0 Å². The molecule has 2 nitrogen and oxygen atoms in total. The van der Waals surface area contributed by atoms with Crippen LogP contribution in [0, 0.1) is 5.92 Å². The van der Waals surface area contributed by atoms with E-state index in [0.717, 1.165) is 18.0 Å². The second-order valence-corrected chi connectivity index (χ2v) is 5.89. The third-order valence-corrected chi connectivity index (χ3v) is 3.19. The number of hydrogen-bond donors (Lipinski definition) is 1. The van der Waals surface area contributed by atoms with Crippen molar-refractivity contribution in [1.82, 2.24) is 0 Å². The molecule has 0 aromatic heterocycles. The Balaban J connectivity index is 3.11. The lowest BCUT2D eigenvalue weighted by Crippen LogP contribution is -2.35. The third-order valence-electron chi connectivity index (χ3n) is 2.96. The van der Waals surface area contributed by atoms with Crippen molar-refractivity contribution in [3.63, 3.8) is 0 Å². The van der Waals surface area contributed by atoms with E-state index in [0.29, 0.717) is 18.5 Å². The molecule has 0 radical (unpaired) electrons. The molecule has 0 bridgehead atoms. The highest BCUT2D eigenvalue weighted by atomic mass is 35.5. The van der Waals surface area contributed by atoms with Crippen LogP contribution in [-0.2, 0) is 6.42 Å². The third kappa shape index (κ3) is 4.18. The van der Waals surface area contributed by atoms with Crippen molar-refractivity contribution >= 4 is 17.3 Å². The molecule has 0 fully saturated rings. The Morgan fingerprint density at radius 3 is 2.39 bits per heavy atom. The second kappa shape index (κ2) is 7.01. The van der Waals surface area contributed by atoms with Gasteiger partial charge < -0.3 is 10.6 Å². The van der Waals surface area contributed by atoms with E-state index in [9.17, 15) is 0 Å². The van der Waals surface area contributed by atoms with Crippen LogP contribution in [-0.4, -0.2) is 19.1 Å². The van der Waals surface area contributed by atoms with Gasteiger partial charge in [-0.05, 0) is 50.4 Å². The van der Waals surface area contributed by atoms with Gasteiger partial charge in [0, 0.05) is 23.3 Å². The van der Waals surface area contributed by atoms with E-state index < -0.39 is 0 Å². The highest BCUT2D eigenvalue weighted by Crippen LogP contribution is 2.27. The van der Waals surface area contributed by atoms with E-state index in [2.05, 4.69) is 44.7 Å². The zero-order chi connectivity index (χ0) is 13.7. The highest BCUT2D eigenvalue weighted by molar-refractivity contribution is 6.30. The van der Waals surface area contributed by atoms with Gasteiger partial charge in [-0.25, -0.2) is 0 Å². The Morgan fingerprint density at radius 2 is 1.89 bits per heavy atom. The normalized spacial score (nSPS) is 11.3. The molecule has 1 aromatic rings. The van der Waals surface area contributed by atoms with Crippen LogP contribution in [0.1, 0.15) is 33.3 Å². The van der Waals surface area contributed by atoms with Crippen LogP contribution in [0.3, 0.4) is 0 Å². The van der Waals surface area contributed by atoms with Gasteiger partial charge in [-0.3, -0.25) is 0 Å². The van der Waals surface area contributed by atoms with Crippen LogP contribution in [0.5, 0.6) is 0 Å². The lowest BCUT2D eigenvalue weighted by atomic mass is 10.1. The summed E-state index contributed by atoms with van der Waals surface area (Å²) in [5.41, 5.74) is 8.21. The molecule has 0 spiro atoms. The second-order valence-electron chi connectivity index (χ2n) is 5.45. The van der Waals surface area contributed by atoms with Crippen molar-refractivity contribution in [3.05, 3.63) is 28.8 Å². The van der Waals surface area contributed by atoms with Crippen molar-refractivity contribution < 1.29 is 0 Å². The largest absolute Gasteiger partial charge is 0.369 e. The van der Waals surface area contributed by atoms with Crippen molar-refractivity contribution in [2.45, 2.75) is 40.2 Å². The number of benzene rings is 1. The van der Waals surface area contributed by atoms with Crippen LogP contribution in [0.25, 0.3) is 0 Å². The number of halogens is 1. The SMILES string of the molecule is CC(C)CN(c1cc(Cl)ccc1CCN)C(C)C. The molecule has 1 rings (SSSR count). The Labute approximate surface area is 116 Å². The fourth-order valence-electron chi connectivity index (χ4n) is 2.15. The zero-order valence-corrected chi connectivity index (χ0v) is 12.7. The van der Waals surface area contributed by atoms with E-state index >= 15 is 0 Å². The van der Waals surface area contributed by atoms with Gasteiger partial charge in [-0.15, -0.1) is 0 Å². The minimum absolute atomic E-state index is 0.461. The summed E-state index contributed by atoms with van der Waals surface area (Å²) in [7, 11) is 0. The number of nitrogens with zero attached hydrogens (tertiary/aromatic N) is 1. The summed E-state index contributed by atoms with van der Waals surface area (Å²) in [5.74, 6) is 0.622. The molecule has 0 saturated carbocycles. The van der Waals surface area contributed by atoms with Gasteiger partial charge in [0.05, 0.1) is 0 Å². The summed E-state index contributed by atoms with van der Waals surface area (Å²) in [5, 5.41) is 0.792. The van der Waals surface area contributed by atoms with Crippen molar-refractivity contribution in [2.24, 2.45) is 11.7 Å². The first kappa shape index (κ1) is 15.3. The first-order valence-corrected chi connectivity index (χ1v) is 7.08. The van der Waals surface area contributed by atoms with Gasteiger partial charge in [-0.1, -0.05) is 31.5 Å². The van der Waals surface area contributed by atoms with Gasteiger partial charge in [0.25, 0.3) is 0 Å². The smallest absolute Gasteiger partial charge is 0.0426 e. The molecule has 0 heterocycles. The Morgan fingerprint density at radius 1 is 1.22 bits per heavy atom. The minimum atomic E-state index is 0.461. The van der Waals surface area contributed by atoms with Gasteiger partial charge in [-0.2, -0.15) is 0 Å². The monoisotopic (exact) mass is 268 g/mol. The van der Waals surface area contributed by atoms with Crippen molar-refractivity contribution in [3.8, 4) is 0 Å². The Bertz CT molecular complexity index is 375. The zero-order valence-electron chi connectivity index (χ0n) is 11.9. The lowest BCUT2D eigenvalue weighted by Gasteiger charge is -2.32. The van der Waals surface area contributed by atoms with Gasteiger partial charge in [0.2, 0.25) is 0 Å². The molecule has 1 aromatic carbocycles. The van der Waals surface area contributed by atoms with Crippen LogP contribution in [0.2, 0.25) is 5.02 Å². The standard InChI is InChI=1S/C15H25ClN2/c1-11(2)10-18(12(3)4)15-9-14(16)6-5-13(15)7-8-17/h5-6,9,11-12H,7-8,10,17H2,1-4H3. The van der Waals surface area contributed by atoms with Gasteiger partial charge >= 0.3 is 0 Å². The first-order chi connectivity index (χ1) is 8.45. The summed E-state index contributed by atoms with van der Waals surface area (Å²) in [6.45, 7) is 10.6. The van der Waals surface area contributed by atoms with E-state index in [-0.39, 0.29) is 0 Å². The molecule has 0 unspecified atom stereocenters. The molecular weight excluding hydrogens is 244 g/mol. The molecule has 0 atom stereocenters. The summed E-state index contributed by atoms with van der Waals surface area (Å²) >= 11 is 6.14. The topological polar surface area (TPSA) is 29.3 Å². The first-order valence-electron chi connectivity index (χ1n) is 6.70. The minimum Gasteiger partial charge on any atom is -0.369 e. The molecule has 0 aliphatic carbocycles. The predicted molar refractivity (Wildman–Crippen MR) is 81.5 cm³/mol. The van der Waals surface area contributed by atoms with E-state index in [1.807, 2.05) is 6.07 Å². The molecule has 102 valence electrons. The maximum absolute atomic E-state index is 6.14. The molecule has 0 aliphatic heterocycles. The fraction of sp³-hybridized carbons (Fsp3) is 0.600. The van der Waals surface area contributed by atoms with Gasteiger partial charge in [0.15, 0.2) is 0 Å². The number of rotatable bonds is 6. The lowest BCUT2D eigenvalue weighted by molar-refractivity contribution is 0.569. The van der Waals surface area contributed by atoms with Crippen molar-refractivity contribution in [2.75, 3.05) is 18.0 Å². The molecule has 0 amide bonds. The van der Waals surface area contributed by atoms with Crippen LogP contribution in [0.15, 0.2) is 18.2 Å². The number of nitrogens with two attached hydrogens (primary N) is 1. The summed E-state index contributed by atoms with van der Waals surface area (Å²) in [6, 6.07) is 6.57. The highest BCUT2D eigenvalue weighted by Gasteiger charge is 2.15. The quantitative estimate of drug-likeness (QED) is 0.852. The molecule has 2 N–H and O–H groups in total. The number of anilines is 1. The van der Waals surface area contributed by atoms with E-state index in [4.69, 9.17) is 17.3 Å². The summed E-state index contributed by atoms with van der Waals surface area (Å²) < 4.78 is 0. The maximum Gasteiger partial charge on any atom is 0.0426 e. The molecule has 3 heteroatoms. The maximum atomic E-state index is 6.14. The Hall–Kier alpha value is -0.730. The molecule has 18 heavy (non-hydrogen) atoms. The van der Waals surface area contributed by atoms with Gasteiger partial charge in [0.1, 0.15) is 0 Å². The average molecular weight is 269 g/mol. The van der Waals surface area contributed by atoms with Crippen LogP contribution < -0.4 is 10.6 Å². The average Bonchev–Trinajstić information content (AvgIpc) is 2.28. The fourth-order valence-corrected chi connectivity index (χ4v) is 2.32. The Kier molecular flexibility index (Phi) is 5.97. The van der Waals surface area contributed by atoms with Crippen LogP contribution >= 0.6 is 11.6 Å². The molecule has 0 aliphatic rings. The summed E-state index contributed by atoms with van der Waals surface area (Å²) in [4.78, 5) is 2.42. The summed E-state index contributed by atoms with van der Waals surface area (Å²) in [6.07, 6.45) is 0.897. The molecule has 0 saturated heterocycles. The predicted octanol–water partition coefficient (Wildman–Crippen LogP) is 3.71. The van der Waals surface area contributed by atoms with Crippen LogP contribution in [0.4, 0.5) is 5.69 Å². The number of hydrogen-bond acceptors (Lipinski definition) is 2. The van der Waals surface area contributed by atoms with E-state index in [1.165, 1.54) is 11.3 Å². The molecular formula is C15H25ClN2. The van der Waals surface area contributed by atoms with E-state index in [1.54, 1.807) is 0 Å².